The fourth-order valence-corrected chi connectivity index (χ4v) is 3.61. The molecule has 1 heterocycles. The van der Waals surface area contributed by atoms with E-state index in [0.29, 0.717) is 23.1 Å². The maximum absolute atomic E-state index is 13.1. The van der Waals surface area contributed by atoms with Gasteiger partial charge in [0.25, 0.3) is 0 Å². The van der Waals surface area contributed by atoms with Crippen LogP contribution in [0.25, 0.3) is 5.69 Å². The number of aromatic nitrogens is 2. The van der Waals surface area contributed by atoms with Gasteiger partial charge in [0, 0.05) is 28.7 Å². The second-order valence-corrected chi connectivity index (χ2v) is 10.0. The predicted molar refractivity (Wildman–Crippen MR) is 143 cm³/mol. The van der Waals surface area contributed by atoms with Crippen molar-refractivity contribution < 1.29 is 9.59 Å². The first kappa shape index (κ1) is 26.3. The van der Waals surface area contributed by atoms with Gasteiger partial charge in [0.05, 0.1) is 11.4 Å². The molecule has 0 aliphatic carbocycles. The second-order valence-electron chi connectivity index (χ2n) is 9.63. The Labute approximate surface area is 212 Å². The van der Waals surface area contributed by atoms with E-state index in [1.807, 2.05) is 56.3 Å². The van der Waals surface area contributed by atoms with Crippen molar-refractivity contribution >= 4 is 35.0 Å². The maximum atomic E-state index is 13.1. The quantitative estimate of drug-likeness (QED) is 0.379. The average molecular weight is 496 g/mol. The van der Waals surface area contributed by atoms with Crippen molar-refractivity contribution in [2.45, 2.75) is 52.9 Å². The van der Waals surface area contributed by atoms with E-state index in [0.717, 1.165) is 29.8 Å². The smallest absolute Gasteiger partial charge is 0.315 e. The molecule has 0 saturated carbocycles. The number of anilines is 2. The van der Waals surface area contributed by atoms with Crippen molar-refractivity contribution in [3.8, 4) is 5.69 Å². The summed E-state index contributed by atoms with van der Waals surface area (Å²) in [4.78, 5) is 27.6. The standard InChI is InChI=1S/C27H34ClN5O2/c1-6-7-15-32(26(35)29-20-14-13-19(2)22(28)16-20)18-25(34)30-24-17-23(27(3,4)5)31-33(24)21-11-9-8-10-12-21/h8-14,16-17H,6-7,15,18H2,1-5H3,(H,29,35)(H,30,34). The van der Waals surface area contributed by atoms with Gasteiger partial charge < -0.3 is 15.5 Å². The van der Waals surface area contributed by atoms with Gasteiger partial charge in [0.15, 0.2) is 0 Å². The molecule has 2 N–H and O–H groups in total. The number of hydrogen-bond donors (Lipinski definition) is 2. The molecule has 0 fully saturated rings. The Morgan fingerprint density at radius 3 is 2.40 bits per heavy atom. The summed E-state index contributed by atoms with van der Waals surface area (Å²) in [7, 11) is 0. The zero-order chi connectivity index (χ0) is 25.6. The van der Waals surface area contributed by atoms with Crippen molar-refractivity contribution in [2.24, 2.45) is 0 Å². The summed E-state index contributed by atoms with van der Waals surface area (Å²) in [6.07, 6.45) is 1.68. The number of unbranched alkanes of at least 4 members (excludes halogenated alkanes) is 1. The molecular formula is C27H34ClN5O2. The lowest BCUT2D eigenvalue weighted by Gasteiger charge is -2.22. The molecule has 35 heavy (non-hydrogen) atoms. The number of para-hydroxylation sites is 1. The molecule has 0 bridgehead atoms. The molecule has 0 aliphatic heterocycles. The number of aryl methyl sites for hydroxylation is 1. The third-order valence-corrected chi connectivity index (χ3v) is 5.98. The molecule has 0 aliphatic rings. The van der Waals surface area contributed by atoms with Crippen molar-refractivity contribution in [3.63, 3.8) is 0 Å². The minimum Gasteiger partial charge on any atom is -0.315 e. The molecule has 2 aromatic carbocycles. The molecule has 8 heteroatoms. The molecule has 0 saturated heterocycles. The Morgan fingerprint density at radius 2 is 1.77 bits per heavy atom. The average Bonchev–Trinajstić information content (AvgIpc) is 3.24. The van der Waals surface area contributed by atoms with Gasteiger partial charge in [-0.25, -0.2) is 9.48 Å². The Morgan fingerprint density at radius 1 is 1.06 bits per heavy atom. The zero-order valence-electron chi connectivity index (χ0n) is 21.1. The topological polar surface area (TPSA) is 79.3 Å². The lowest BCUT2D eigenvalue weighted by atomic mass is 9.92. The first-order chi connectivity index (χ1) is 16.6. The Kier molecular flexibility index (Phi) is 8.57. The van der Waals surface area contributed by atoms with E-state index >= 15 is 0 Å². The van der Waals surface area contributed by atoms with Crippen LogP contribution in [0.4, 0.5) is 16.3 Å². The van der Waals surface area contributed by atoms with Crippen molar-refractivity contribution in [1.29, 1.82) is 0 Å². The molecule has 3 rings (SSSR count). The van der Waals surface area contributed by atoms with Crippen LogP contribution in [0.2, 0.25) is 5.02 Å². The summed E-state index contributed by atoms with van der Waals surface area (Å²) in [5, 5.41) is 11.1. The Balaban J connectivity index is 1.78. The highest BCUT2D eigenvalue weighted by Crippen LogP contribution is 2.26. The largest absolute Gasteiger partial charge is 0.322 e. The lowest BCUT2D eigenvalue weighted by Crippen LogP contribution is -2.41. The number of carbonyl (C=O) groups is 2. The molecule has 0 unspecified atom stereocenters. The number of hydrogen-bond acceptors (Lipinski definition) is 3. The predicted octanol–water partition coefficient (Wildman–Crippen LogP) is 6.40. The van der Waals surface area contributed by atoms with Gasteiger partial charge in [-0.05, 0) is 43.2 Å². The highest BCUT2D eigenvalue weighted by molar-refractivity contribution is 6.31. The van der Waals surface area contributed by atoms with Crippen LogP contribution >= 0.6 is 11.6 Å². The SMILES string of the molecule is CCCCN(CC(=O)Nc1cc(C(C)(C)C)nn1-c1ccccc1)C(=O)Nc1ccc(C)c(Cl)c1. The van der Waals surface area contributed by atoms with Gasteiger partial charge in [0.2, 0.25) is 5.91 Å². The van der Waals surface area contributed by atoms with Gasteiger partial charge in [-0.1, -0.05) is 70.0 Å². The molecule has 0 radical (unpaired) electrons. The monoisotopic (exact) mass is 495 g/mol. The van der Waals surface area contributed by atoms with Crippen LogP contribution in [0, 0.1) is 6.92 Å². The molecular weight excluding hydrogens is 462 g/mol. The highest BCUT2D eigenvalue weighted by atomic mass is 35.5. The van der Waals surface area contributed by atoms with E-state index in [9.17, 15) is 9.59 Å². The van der Waals surface area contributed by atoms with E-state index in [4.69, 9.17) is 16.7 Å². The van der Waals surface area contributed by atoms with Crippen molar-refractivity contribution in [2.75, 3.05) is 23.7 Å². The van der Waals surface area contributed by atoms with E-state index in [-0.39, 0.29) is 23.9 Å². The molecule has 7 nitrogen and oxygen atoms in total. The summed E-state index contributed by atoms with van der Waals surface area (Å²) in [5.74, 6) is 0.267. The van der Waals surface area contributed by atoms with E-state index < -0.39 is 0 Å². The Bertz CT molecular complexity index is 1170. The first-order valence-electron chi connectivity index (χ1n) is 11.9. The van der Waals surface area contributed by atoms with Crippen LogP contribution in [0.15, 0.2) is 54.6 Å². The van der Waals surface area contributed by atoms with Gasteiger partial charge in [-0.3, -0.25) is 4.79 Å². The summed E-state index contributed by atoms with van der Waals surface area (Å²) < 4.78 is 1.73. The second kappa shape index (κ2) is 11.4. The number of urea groups is 1. The number of nitrogens with zero attached hydrogens (tertiary/aromatic N) is 3. The molecule has 3 aromatic rings. The van der Waals surface area contributed by atoms with Gasteiger partial charge >= 0.3 is 6.03 Å². The van der Waals surface area contributed by atoms with Crippen LogP contribution in [-0.2, 0) is 10.2 Å². The number of halogens is 1. The zero-order valence-corrected chi connectivity index (χ0v) is 21.8. The molecule has 0 atom stereocenters. The third kappa shape index (κ3) is 7.09. The summed E-state index contributed by atoms with van der Waals surface area (Å²) in [5.41, 5.74) is 3.02. The molecule has 1 aromatic heterocycles. The van der Waals surface area contributed by atoms with E-state index in [2.05, 4.69) is 31.4 Å². The fraction of sp³-hybridized carbons (Fsp3) is 0.370. The Hall–Kier alpha value is -3.32. The number of benzene rings is 2. The van der Waals surface area contributed by atoms with Crippen molar-refractivity contribution in [1.82, 2.24) is 14.7 Å². The minimum atomic E-state index is -0.347. The highest BCUT2D eigenvalue weighted by Gasteiger charge is 2.23. The summed E-state index contributed by atoms with van der Waals surface area (Å²) in [6, 6.07) is 16.5. The van der Waals surface area contributed by atoms with Crippen LogP contribution < -0.4 is 10.6 Å². The fourth-order valence-electron chi connectivity index (χ4n) is 3.43. The number of rotatable bonds is 8. The van der Waals surface area contributed by atoms with Gasteiger partial charge in [-0.15, -0.1) is 0 Å². The van der Waals surface area contributed by atoms with Crippen molar-refractivity contribution in [3.05, 3.63) is 70.9 Å². The third-order valence-electron chi connectivity index (χ3n) is 5.57. The van der Waals surface area contributed by atoms with Gasteiger partial charge in [-0.2, -0.15) is 5.10 Å². The van der Waals surface area contributed by atoms with Crippen LogP contribution in [-0.4, -0.2) is 39.7 Å². The first-order valence-corrected chi connectivity index (χ1v) is 12.2. The van der Waals surface area contributed by atoms with E-state index in [1.165, 1.54) is 4.90 Å². The van der Waals surface area contributed by atoms with Gasteiger partial charge in [0.1, 0.15) is 12.4 Å². The van der Waals surface area contributed by atoms with Crippen LogP contribution in [0.1, 0.15) is 51.8 Å². The van der Waals surface area contributed by atoms with Crippen LogP contribution in [0.5, 0.6) is 0 Å². The minimum absolute atomic E-state index is 0.0871. The molecule has 3 amide bonds. The number of nitrogens with one attached hydrogen (secondary N) is 2. The molecule has 0 spiro atoms. The lowest BCUT2D eigenvalue weighted by molar-refractivity contribution is -0.116. The summed E-state index contributed by atoms with van der Waals surface area (Å²) >= 11 is 6.20. The number of amides is 3. The van der Waals surface area contributed by atoms with Crippen LogP contribution in [0.3, 0.4) is 0 Å². The number of carbonyl (C=O) groups excluding carboxylic acids is 2. The molecule has 186 valence electrons. The normalized spacial score (nSPS) is 11.3. The van der Waals surface area contributed by atoms with E-state index in [1.54, 1.807) is 16.8 Å². The summed E-state index contributed by atoms with van der Waals surface area (Å²) in [6.45, 7) is 10.5. The maximum Gasteiger partial charge on any atom is 0.322 e.